The summed E-state index contributed by atoms with van der Waals surface area (Å²) in [5.41, 5.74) is 2.87. The van der Waals surface area contributed by atoms with Crippen molar-refractivity contribution in [2.45, 2.75) is 25.2 Å². The van der Waals surface area contributed by atoms with Crippen LogP contribution >= 0.6 is 0 Å². The standard InChI is InChI=1S/C18H29N3O2/c1-15-6-4-5-7-16(15)18(8-11-23-12-9-18)14-21-17(19-2)20-10-13-22-3/h4-7H,8-14H2,1-3H3,(H2,19,20,21). The Morgan fingerprint density at radius 2 is 2.00 bits per heavy atom. The van der Waals surface area contributed by atoms with E-state index < -0.39 is 0 Å². The van der Waals surface area contributed by atoms with Gasteiger partial charge < -0.3 is 20.1 Å². The number of rotatable bonds is 6. The number of nitrogens with zero attached hydrogens (tertiary/aromatic N) is 1. The molecule has 128 valence electrons. The largest absolute Gasteiger partial charge is 0.383 e. The van der Waals surface area contributed by atoms with Gasteiger partial charge in [-0.2, -0.15) is 0 Å². The second-order valence-corrected chi connectivity index (χ2v) is 6.05. The van der Waals surface area contributed by atoms with Gasteiger partial charge in [-0.1, -0.05) is 24.3 Å². The first-order chi connectivity index (χ1) is 11.2. The van der Waals surface area contributed by atoms with Crippen molar-refractivity contribution < 1.29 is 9.47 Å². The van der Waals surface area contributed by atoms with Crippen LogP contribution in [0.3, 0.4) is 0 Å². The van der Waals surface area contributed by atoms with Gasteiger partial charge in [-0.25, -0.2) is 0 Å². The zero-order chi connectivity index (χ0) is 16.5. The number of ether oxygens (including phenoxy) is 2. The van der Waals surface area contributed by atoms with Gasteiger partial charge >= 0.3 is 0 Å². The molecule has 0 atom stereocenters. The molecule has 1 saturated heterocycles. The molecule has 1 aromatic rings. The molecule has 0 aliphatic carbocycles. The fraction of sp³-hybridized carbons (Fsp3) is 0.611. The van der Waals surface area contributed by atoms with E-state index in [1.807, 2.05) is 0 Å². The minimum atomic E-state index is 0.0997. The molecule has 1 fully saturated rings. The highest BCUT2D eigenvalue weighted by atomic mass is 16.5. The summed E-state index contributed by atoms with van der Waals surface area (Å²) in [4.78, 5) is 4.30. The molecule has 1 aliphatic heterocycles. The van der Waals surface area contributed by atoms with Crippen LogP contribution in [0.4, 0.5) is 0 Å². The van der Waals surface area contributed by atoms with Crippen molar-refractivity contribution in [2.24, 2.45) is 4.99 Å². The Kier molecular flexibility index (Phi) is 6.86. The molecule has 5 heteroatoms. The maximum Gasteiger partial charge on any atom is 0.191 e. The Hall–Kier alpha value is -1.59. The number of hydrogen-bond acceptors (Lipinski definition) is 3. The van der Waals surface area contributed by atoms with Crippen LogP contribution in [-0.4, -0.2) is 53.0 Å². The molecule has 0 saturated carbocycles. The fourth-order valence-corrected chi connectivity index (χ4v) is 3.22. The summed E-state index contributed by atoms with van der Waals surface area (Å²) in [6.07, 6.45) is 2.06. The van der Waals surface area contributed by atoms with Gasteiger partial charge in [0.05, 0.1) is 6.61 Å². The van der Waals surface area contributed by atoms with Crippen LogP contribution in [0.25, 0.3) is 0 Å². The minimum Gasteiger partial charge on any atom is -0.383 e. The smallest absolute Gasteiger partial charge is 0.191 e. The quantitative estimate of drug-likeness (QED) is 0.477. The Morgan fingerprint density at radius 1 is 1.26 bits per heavy atom. The van der Waals surface area contributed by atoms with Gasteiger partial charge in [-0.15, -0.1) is 0 Å². The minimum absolute atomic E-state index is 0.0997. The zero-order valence-corrected chi connectivity index (χ0v) is 14.5. The first-order valence-corrected chi connectivity index (χ1v) is 8.29. The van der Waals surface area contributed by atoms with Crippen LogP contribution < -0.4 is 10.6 Å². The average Bonchev–Trinajstić information content (AvgIpc) is 2.59. The van der Waals surface area contributed by atoms with Crippen LogP contribution in [0.1, 0.15) is 24.0 Å². The van der Waals surface area contributed by atoms with Gasteiger partial charge in [0.15, 0.2) is 5.96 Å². The molecule has 0 unspecified atom stereocenters. The summed E-state index contributed by atoms with van der Waals surface area (Å²) >= 11 is 0. The summed E-state index contributed by atoms with van der Waals surface area (Å²) in [6.45, 7) is 6.08. The highest BCUT2D eigenvalue weighted by Gasteiger charge is 2.35. The summed E-state index contributed by atoms with van der Waals surface area (Å²) in [5.74, 6) is 0.821. The molecular formula is C18H29N3O2. The molecule has 0 spiro atoms. The fourth-order valence-electron chi connectivity index (χ4n) is 3.22. The molecule has 0 aromatic heterocycles. The summed E-state index contributed by atoms with van der Waals surface area (Å²) in [6, 6.07) is 8.68. The van der Waals surface area contributed by atoms with Crippen molar-refractivity contribution >= 4 is 5.96 Å². The number of benzene rings is 1. The molecule has 1 aliphatic rings. The highest BCUT2D eigenvalue weighted by molar-refractivity contribution is 5.79. The lowest BCUT2D eigenvalue weighted by Crippen LogP contribution is -2.48. The third-order valence-corrected chi connectivity index (χ3v) is 4.58. The van der Waals surface area contributed by atoms with Gasteiger partial charge in [-0.05, 0) is 30.9 Å². The number of guanidine groups is 1. The van der Waals surface area contributed by atoms with E-state index in [2.05, 4.69) is 46.8 Å². The first-order valence-electron chi connectivity index (χ1n) is 8.29. The monoisotopic (exact) mass is 319 g/mol. The van der Waals surface area contributed by atoms with E-state index in [4.69, 9.17) is 9.47 Å². The lowest BCUT2D eigenvalue weighted by Gasteiger charge is -2.39. The number of nitrogens with one attached hydrogen (secondary N) is 2. The van der Waals surface area contributed by atoms with E-state index in [9.17, 15) is 0 Å². The predicted octanol–water partition coefficient (Wildman–Crippen LogP) is 1.85. The van der Waals surface area contributed by atoms with Gasteiger partial charge in [0.2, 0.25) is 0 Å². The Labute approximate surface area is 139 Å². The summed E-state index contributed by atoms with van der Waals surface area (Å²) in [7, 11) is 3.50. The molecule has 23 heavy (non-hydrogen) atoms. The van der Waals surface area contributed by atoms with Crippen molar-refractivity contribution in [1.82, 2.24) is 10.6 Å². The second-order valence-electron chi connectivity index (χ2n) is 6.05. The maximum atomic E-state index is 5.61. The maximum absolute atomic E-state index is 5.61. The third-order valence-electron chi connectivity index (χ3n) is 4.58. The van der Waals surface area contributed by atoms with Crippen LogP contribution in [0, 0.1) is 6.92 Å². The molecule has 0 bridgehead atoms. The molecule has 1 aromatic carbocycles. The number of methoxy groups -OCH3 is 1. The Morgan fingerprint density at radius 3 is 2.65 bits per heavy atom. The second kappa shape index (κ2) is 8.89. The van der Waals surface area contributed by atoms with Crippen LogP contribution in [0.15, 0.2) is 29.3 Å². The van der Waals surface area contributed by atoms with Crippen LogP contribution in [0.2, 0.25) is 0 Å². The van der Waals surface area contributed by atoms with Crippen molar-refractivity contribution in [3.8, 4) is 0 Å². The van der Waals surface area contributed by atoms with Crippen molar-refractivity contribution in [1.29, 1.82) is 0 Å². The van der Waals surface area contributed by atoms with Crippen molar-refractivity contribution in [3.05, 3.63) is 35.4 Å². The van der Waals surface area contributed by atoms with Gasteiger partial charge in [0.25, 0.3) is 0 Å². The molecule has 2 N–H and O–H groups in total. The third kappa shape index (κ3) is 4.69. The normalized spacial score (nSPS) is 17.8. The molecule has 2 rings (SSSR count). The van der Waals surface area contributed by atoms with Crippen molar-refractivity contribution in [3.63, 3.8) is 0 Å². The first kappa shape index (κ1) is 17.8. The summed E-state index contributed by atoms with van der Waals surface area (Å²) in [5, 5.41) is 6.77. The lowest BCUT2D eigenvalue weighted by atomic mass is 9.72. The number of aliphatic imine (C=N–C) groups is 1. The predicted molar refractivity (Wildman–Crippen MR) is 94.2 cm³/mol. The summed E-state index contributed by atoms with van der Waals surface area (Å²) < 4.78 is 10.7. The molecule has 0 radical (unpaired) electrons. The van der Waals surface area contributed by atoms with Crippen molar-refractivity contribution in [2.75, 3.05) is 47.1 Å². The highest BCUT2D eigenvalue weighted by Crippen LogP contribution is 2.36. The number of aryl methyl sites for hydroxylation is 1. The van der Waals surface area contributed by atoms with Gasteiger partial charge in [0, 0.05) is 45.9 Å². The lowest BCUT2D eigenvalue weighted by molar-refractivity contribution is 0.0511. The molecule has 1 heterocycles. The average molecular weight is 319 g/mol. The van der Waals surface area contributed by atoms with Crippen LogP contribution in [-0.2, 0) is 14.9 Å². The zero-order valence-electron chi connectivity index (χ0n) is 14.5. The Bertz CT molecular complexity index is 511. The van der Waals surface area contributed by atoms with Gasteiger partial charge in [0.1, 0.15) is 0 Å². The van der Waals surface area contributed by atoms with Gasteiger partial charge in [-0.3, -0.25) is 4.99 Å². The van der Waals surface area contributed by atoms with E-state index in [0.29, 0.717) is 6.61 Å². The van der Waals surface area contributed by atoms with E-state index in [1.54, 1.807) is 14.2 Å². The topological polar surface area (TPSA) is 54.9 Å². The molecular weight excluding hydrogens is 290 g/mol. The van der Waals surface area contributed by atoms with E-state index >= 15 is 0 Å². The van der Waals surface area contributed by atoms with E-state index in [0.717, 1.165) is 45.1 Å². The number of hydrogen-bond donors (Lipinski definition) is 2. The Balaban J connectivity index is 2.09. The molecule has 5 nitrogen and oxygen atoms in total. The SMILES string of the molecule is CN=C(NCCOC)NCC1(c2ccccc2C)CCOCC1. The molecule has 0 amide bonds. The van der Waals surface area contributed by atoms with Crippen LogP contribution in [0.5, 0.6) is 0 Å². The van der Waals surface area contributed by atoms with E-state index in [-0.39, 0.29) is 5.41 Å². The van der Waals surface area contributed by atoms with E-state index in [1.165, 1.54) is 11.1 Å².